The number of thioether (sulfide) groups is 1. The van der Waals surface area contributed by atoms with Gasteiger partial charge in [0.25, 0.3) is 5.91 Å². The Bertz CT molecular complexity index is 701. The van der Waals surface area contributed by atoms with Crippen molar-refractivity contribution in [3.63, 3.8) is 0 Å². The number of Topliss-reactive ketones (excluding diaryl/α,β-unsaturated/α-hetero) is 1. The Morgan fingerprint density at radius 2 is 2.09 bits per heavy atom. The van der Waals surface area contributed by atoms with Crippen LogP contribution in [0.4, 0.5) is 0 Å². The van der Waals surface area contributed by atoms with Gasteiger partial charge in [0.2, 0.25) is 0 Å². The molecule has 0 saturated carbocycles. The third-order valence-corrected chi connectivity index (χ3v) is 5.96. The monoisotopic (exact) mass is 369 g/mol. The van der Waals surface area contributed by atoms with Crippen LogP contribution in [0.2, 0.25) is 0 Å². The quantitative estimate of drug-likeness (QED) is 0.733. The lowest BCUT2D eigenvalue weighted by Crippen LogP contribution is -2.39. The fourth-order valence-electron chi connectivity index (χ4n) is 1.60. The van der Waals surface area contributed by atoms with Crippen LogP contribution in [0.1, 0.15) is 30.4 Å². The molecule has 0 spiro atoms. The van der Waals surface area contributed by atoms with E-state index >= 15 is 0 Å². The lowest BCUT2D eigenvalue weighted by Gasteiger charge is -2.19. The highest BCUT2D eigenvalue weighted by Crippen LogP contribution is 2.32. The molecule has 0 saturated heterocycles. The Morgan fingerprint density at radius 1 is 1.35 bits per heavy atom. The summed E-state index contributed by atoms with van der Waals surface area (Å²) >= 11 is 4.26. The Morgan fingerprint density at radius 3 is 2.70 bits per heavy atom. The molecule has 2 aromatic heterocycles. The van der Waals surface area contributed by atoms with Gasteiger partial charge in [-0.15, -0.1) is 22.7 Å². The molecule has 5 nitrogen and oxygen atoms in total. The standard InChI is InChI=1S/C15H19N3O2S3/c1-15(2,3)17-6-9(19)7-21-14-18-10(8-22-14)11-4-5-12(23-11)13(16)20/h4-5,8,17H,6-7H2,1-3H3,(H2,16,20). The summed E-state index contributed by atoms with van der Waals surface area (Å²) in [5.74, 6) is 0.115. The maximum atomic E-state index is 11.9. The fourth-order valence-corrected chi connectivity index (χ4v) is 4.18. The number of ketones is 1. The summed E-state index contributed by atoms with van der Waals surface area (Å²) < 4.78 is 0.845. The first-order chi connectivity index (χ1) is 10.7. The highest BCUT2D eigenvalue weighted by atomic mass is 32.2. The van der Waals surface area contributed by atoms with Crippen LogP contribution in [0.25, 0.3) is 10.6 Å². The molecule has 8 heteroatoms. The van der Waals surface area contributed by atoms with Crippen LogP contribution in [0.5, 0.6) is 0 Å². The number of hydrogen-bond donors (Lipinski definition) is 2. The smallest absolute Gasteiger partial charge is 0.258 e. The molecule has 124 valence electrons. The molecular formula is C15H19N3O2S3. The van der Waals surface area contributed by atoms with Gasteiger partial charge in [0.1, 0.15) is 0 Å². The second-order valence-corrected chi connectivity index (χ2v) is 9.12. The predicted molar refractivity (Wildman–Crippen MR) is 97.4 cm³/mol. The lowest BCUT2D eigenvalue weighted by molar-refractivity contribution is -0.116. The summed E-state index contributed by atoms with van der Waals surface area (Å²) in [6.07, 6.45) is 0. The van der Waals surface area contributed by atoms with Crippen LogP contribution in [-0.2, 0) is 4.79 Å². The molecule has 0 unspecified atom stereocenters. The first kappa shape index (κ1) is 18.1. The molecule has 0 radical (unpaired) electrons. The van der Waals surface area contributed by atoms with Gasteiger partial charge in [0.15, 0.2) is 10.1 Å². The van der Waals surface area contributed by atoms with E-state index in [-0.39, 0.29) is 11.3 Å². The van der Waals surface area contributed by atoms with Crippen molar-refractivity contribution >= 4 is 46.1 Å². The van der Waals surface area contributed by atoms with Crippen molar-refractivity contribution in [3.05, 3.63) is 22.4 Å². The average molecular weight is 370 g/mol. The van der Waals surface area contributed by atoms with E-state index in [0.29, 0.717) is 17.2 Å². The SMILES string of the molecule is CC(C)(C)NCC(=O)CSc1nc(-c2ccc(C(N)=O)s2)cs1. The third kappa shape index (κ3) is 5.72. The van der Waals surface area contributed by atoms with Gasteiger partial charge >= 0.3 is 0 Å². The van der Waals surface area contributed by atoms with E-state index in [1.165, 1.54) is 34.4 Å². The number of carbonyl (C=O) groups is 2. The van der Waals surface area contributed by atoms with Gasteiger partial charge in [-0.1, -0.05) is 11.8 Å². The third-order valence-electron chi connectivity index (χ3n) is 2.76. The largest absolute Gasteiger partial charge is 0.365 e. The maximum Gasteiger partial charge on any atom is 0.258 e. The van der Waals surface area contributed by atoms with Crippen LogP contribution >= 0.6 is 34.4 Å². The van der Waals surface area contributed by atoms with E-state index < -0.39 is 5.91 Å². The summed E-state index contributed by atoms with van der Waals surface area (Å²) in [5, 5.41) is 5.11. The average Bonchev–Trinajstić information content (AvgIpc) is 3.10. The molecule has 0 aliphatic heterocycles. The van der Waals surface area contributed by atoms with E-state index in [0.717, 1.165) is 14.9 Å². The van der Waals surface area contributed by atoms with Crippen LogP contribution in [-0.4, -0.2) is 34.5 Å². The molecule has 3 N–H and O–H groups in total. The number of thiazole rings is 1. The molecule has 0 bridgehead atoms. The van der Waals surface area contributed by atoms with Gasteiger partial charge in [-0.2, -0.15) is 0 Å². The number of rotatable bonds is 7. The minimum absolute atomic E-state index is 0.0635. The molecule has 0 aliphatic carbocycles. The number of primary amides is 1. The fraction of sp³-hybridized carbons (Fsp3) is 0.400. The zero-order valence-electron chi connectivity index (χ0n) is 13.2. The highest BCUT2D eigenvalue weighted by Gasteiger charge is 2.13. The summed E-state index contributed by atoms with van der Waals surface area (Å²) in [6, 6.07) is 3.54. The predicted octanol–water partition coefficient (Wildman–Crippen LogP) is 3.02. The number of amides is 1. The van der Waals surface area contributed by atoms with Gasteiger partial charge in [0.05, 0.1) is 27.7 Å². The molecule has 0 aliphatic rings. The van der Waals surface area contributed by atoms with E-state index in [9.17, 15) is 9.59 Å². The van der Waals surface area contributed by atoms with Gasteiger partial charge < -0.3 is 11.1 Å². The number of nitrogens with one attached hydrogen (secondary N) is 1. The number of thiophene rings is 1. The molecule has 2 aromatic rings. The second-order valence-electron chi connectivity index (χ2n) is 5.96. The summed E-state index contributed by atoms with van der Waals surface area (Å²) in [4.78, 5) is 28.9. The molecule has 0 aromatic carbocycles. The first-order valence-electron chi connectivity index (χ1n) is 7.00. The molecule has 2 heterocycles. The summed E-state index contributed by atoms with van der Waals surface area (Å²) in [7, 11) is 0. The molecule has 1 amide bonds. The molecule has 2 rings (SSSR count). The van der Waals surface area contributed by atoms with Gasteiger partial charge in [-0.05, 0) is 32.9 Å². The molecule has 0 atom stereocenters. The van der Waals surface area contributed by atoms with Crippen molar-refractivity contribution in [1.82, 2.24) is 10.3 Å². The Balaban J connectivity index is 1.89. The molecular weight excluding hydrogens is 350 g/mol. The topological polar surface area (TPSA) is 85.1 Å². The normalized spacial score (nSPS) is 11.6. The van der Waals surface area contributed by atoms with Crippen LogP contribution in [0, 0.1) is 0 Å². The Labute approximate surface area is 147 Å². The van der Waals surface area contributed by atoms with Crippen molar-refractivity contribution in [2.24, 2.45) is 5.73 Å². The zero-order chi connectivity index (χ0) is 17.0. The second kappa shape index (κ2) is 7.57. The summed E-state index contributed by atoms with van der Waals surface area (Å²) in [5.41, 5.74) is 6.01. The summed E-state index contributed by atoms with van der Waals surface area (Å²) in [6.45, 7) is 6.45. The van der Waals surface area contributed by atoms with Gasteiger partial charge in [-0.3, -0.25) is 9.59 Å². The van der Waals surface area contributed by atoms with Crippen molar-refractivity contribution in [2.45, 2.75) is 30.6 Å². The Hall–Kier alpha value is -1.22. The van der Waals surface area contributed by atoms with Crippen molar-refractivity contribution in [2.75, 3.05) is 12.3 Å². The zero-order valence-corrected chi connectivity index (χ0v) is 15.7. The molecule has 0 fully saturated rings. The van der Waals surface area contributed by atoms with E-state index in [1.54, 1.807) is 6.07 Å². The highest BCUT2D eigenvalue weighted by molar-refractivity contribution is 8.01. The number of carbonyl (C=O) groups excluding carboxylic acids is 2. The minimum Gasteiger partial charge on any atom is -0.365 e. The van der Waals surface area contributed by atoms with Crippen molar-refractivity contribution in [3.8, 4) is 10.6 Å². The number of aromatic nitrogens is 1. The van der Waals surface area contributed by atoms with Crippen molar-refractivity contribution < 1.29 is 9.59 Å². The van der Waals surface area contributed by atoms with Crippen LogP contribution in [0.3, 0.4) is 0 Å². The van der Waals surface area contributed by atoms with Crippen molar-refractivity contribution in [1.29, 1.82) is 0 Å². The number of hydrogen-bond acceptors (Lipinski definition) is 7. The Kier molecular flexibility index (Phi) is 5.96. The number of nitrogens with two attached hydrogens (primary N) is 1. The van der Waals surface area contributed by atoms with Crippen LogP contribution in [0.15, 0.2) is 21.9 Å². The molecule has 23 heavy (non-hydrogen) atoms. The van der Waals surface area contributed by atoms with Gasteiger partial charge in [0, 0.05) is 10.9 Å². The maximum absolute atomic E-state index is 11.9. The number of nitrogens with zero attached hydrogens (tertiary/aromatic N) is 1. The lowest BCUT2D eigenvalue weighted by atomic mass is 10.1. The van der Waals surface area contributed by atoms with Gasteiger partial charge in [-0.25, -0.2) is 4.98 Å². The van der Waals surface area contributed by atoms with E-state index in [2.05, 4.69) is 10.3 Å². The van der Waals surface area contributed by atoms with E-state index in [4.69, 9.17) is 5.73 Å². The van der Waals surface area contributed by atoms with E-state index in [1.807, 2.05) is 32.2 Å². The minimum atomic E-state index is -0.428. The van der Waals surface area contributed by atoms with Crippen LogP contribution < -0.4 is 11.1 Å². The first-order valence-corrected chi connectivity index (χ1v) is 9.68.